The van der Waals surface area contributed by atoms with Crippen molar-refractivity contribution in [1.29, 1.82) is 0 Å². The molecule has 0 saturated carbocycles. The molecule has 1 aliphatic rings. The van der Waals surface area contributed by atoms with E-state index in [1.807, 2.05) is 30.3 Å². The molecule has 1 heterocycles. The van der Waals surface area contributed by atoms with Crippen LogP contribution in [-0.4, -0.2) is 35.9 Å². The first-order chi connectivity index (χ1) is 7.83. The minimum atomic E-state index is -0.339. The van der Waals surface area contributed by atoms with E-state index in [4.69, 9.17) is 4.74 Å². The Kier molecular flexibility index (Phi) is 3.41. The molecule has 0 unspecified atom stereocenters. The van der Waals surface area contributed by atoms with Gasteiger partial charge in [-0.1, -0.05) is 30.3 Å². The minimum absolute atomic E-state index is 0.0842. The number of amides is 1. The van der Waals surface area contributed by atoms with Crippen LogP contribution in [0.15, 0.2) is 30.3 Å². The highest BCUT2D eigenvalue weighted by Gasteiger charge is 2.28. The van der Waals surface area contributed by atoms with Gasteiger partial charge in [0.15, 0.2) is 0 Å². The Labute approximate surface area is 94.4 Å². The fourth-order valence-corrected chi connectivity index (χ4v) is 1.91. The number of rotatable bonds is 3. The number of nitrogens with zero attached hydrogens (tertiary/aromatic N) is 1. The predicted molar refractivity (Wildman–Crippen MR) is 58.9 cm³/mol. The van der Waals surface area contributed by atoms with Crippen molar-refractivity contribution in [1.82, 2.24) is 4.90 Å². The van der Waals surface area contributed by atoms with E-state index in [0.717, 1.165) is 12.0 Å². The van der Waals surface area contributed by atoms with Crippen molar-refractivity contribution in [2.24, 2.45) is 0 Å². The van der Waals surface area contributed by atoms with Gasteiger partial charge >= 0.3 is 6.09 Å². The average Bonchev–Trinajstić information content (AvgIpc) is 2.34. The number of cyclic esters (lactones) is 1. The highest BCUT2D eigenvalue weighted by atomic mass is 16.6. The zero-order valence-electron chi connectivity index (χ0n) is 9.00. The molecule has 1 N–H and O–H groups in total. The quantitative estimate of drug-likeness (QED) is 0.842. The standard InChI is InChI=1S/C12H15NO3/c14-9-11(10-5-2-1-3-6-10)13-7-4-8-16-12(13)15/h1-3,5-6,11,14H,4,7-9H2/t11-/m1/s1. The highest BCUT2D eigenvalue weighted by molar-refractivity contribution is 5.69. The molecule has 1 aromatic carbocycles. The second-order valence-electron chi connectivity index (χ2n) is 3.77. The first-order valence-corrected chi connectivity index (χ1v) is 5.42. The summed E-state index contributed by atoms with van der Waals surface area (Å²) in [5.74, 6) is 0. The lowest BCUT2D eigenvalue weighted by atomic mass is 10.1. The molecule has 16 heavy (non-hydrogen) atoms. The number of hydrogen-bond donors (Lipinski definition) is 1. The minimum Gasteiger partial charge on any atom is -0.449 e. The Morgan fingerprint density at radius 3 is 2.75 bits per heavy atom. The Morgan fingerprint density at radius 2 is 2.12 bits per heavy atom. The van der Waals surface area contributed by atoms with E-state index < -0.39 is 0 Å². The van der Waals surface area contributed by atoms with Crippen LogP contribution in [-0.2, 0) is 4.74 Å². The normalized spacial score (nSPS) is 18.1. The van der Waals surface area contributed by atoms with Gasteiger partial charge in [-0.2, -0.15) is 0 Å². The number of aliphatic hydroxyl groups excluding tert-OH is 1. The van der Waals surface area contributed by atoms with Crippen LogP contribution in [0, 0.1) is 0 Å². The molecule has 0 spiro atoms. The van der Waals surface area contributed by atoms with Crippen LogP contribution in [0.1, 0.15) is 18.0 Å². The largest absolute Gasteiger partial charge is 0.449 e. The van der Waals surface area contributed by atoms with Crippen molar-refractivity contribution < 1.29 is 14.6 Å². The fraction of sp³-hybridized carbons (Fsp3) is 0.417. The average molecular weight is 221 g/mol. The van der Waals surface area contributed by atoms with Crippen molar-refractivity contribution in [3.05, 3.63) is 35.9 Å². The number of carbonyl (C=O) groups excluding carboxylic acids is 1. The van der Waals surface area contributed by atoms with Gasteiger partial charge in [-0.3, -0.25) is 4.90 Å². The van der Waals surface area contributed by atoms with Gasteiger partial charge in [0.1, 0.15) is 0 Å². The van der Waals surface area contributed by atoms with Crippen molar-refractivity contribution in [3.63, 3.8) is 0 Å². The van der Waals surface area contributed by atoms with Crippen LogP contribution in [0.4, 0.5) is 4.79 Å². The summed E-state index contributed by atoms with van der Waals surface area (Å²) in [7, 11) is 0. The number of ether oxygens (including phenoxy) is 1. The van der Waals surface area contributed by atoms with Crippen LogP contribution in [0.25, 0.3) is 0 Å². The summed E-state index contributed by atoms with van der Waals surface area (Å²) < 4.78 is 4.97. The van der Waals surface area contributed by atoms with Gasteiger partial charge in [0, 0.05) is 6.54 Å². The zero-order valence-corrected chi connectivity index (χ0v) is 9.00. The second-order valence-corrected chi connectivity index (χ2v) is 3.77. The molecule has 0 aliphatic carbocycles. The van der Waals surface area contributed by atoms with E-state index in [1.54, 1.807) is 4.90 Å². The van der Waals surface area contributed by atoms with E-state index >= 15 is 0 Å². The van der Waals surface area contributed by atoms with E-state index in [-0.39, 0.29) is 18.7 Å². The first-order valence-electron chi connectivity index (χ1n) is 5.42. The third-order valence-electron chi connectivity index (χ3n) is 2.74. The van der Waals surface area contributed by atoms with Crippen molar-refractivity contribution in [2.45, 2.75) is 12.5 Å². The number of carbonyl (C=O) groups is 1. The third kappa shape index (κ3) is 2.17. The van der Waals surface area contributed by atoms with Gasteiger partial charge in [-0.05, 0) is 12.0 Å². The SMILES string of the molecule is O=C1OCCCN1[C@H](CO)c1ccccc1. The molecule has 86 valence electrons. The second kappa shape index (κ2) is 4.99. The predicted octanol–water partition coefficient (Wildman–Crippen LogP) is 1.56. The molecule has 1 amide bonds. The maximum Gasteiger partial charge on any atom is 0.410 e. The molecule has 0 aromatic heterocycles. The molecule has 0 radical (unpaired) electrons. The monoisotopic (exact) mass is 221 g/mol. The van der Waals surface area contributed by atoms with Crippen LogP contribution >= 0.6 is 0 Å². The van der Waals surface area contributed by atoms with Crippen LogP contribution < -0.4 is 0 Å². The molecule has 4 nitrogen and oxygen atoms in total. The van der Waals surface area contributed by atoms with Gasteiger partial charge in [0.25, 0.3) is 0 Å². The molecule has 2 rings (SSSR count). The molecular formula is C12H15NO3. The van der Waals surface area contributed by atoms with Crippen molar-refractivity contribution in [3.8, 4) is 0 Å². The van der Waals surface area contributed by atoms with E-state index in [1.165, 1.54) is 0 Å². The summed E-state index contributed by atoms with van der Waals surface area (Å²) in [6, 6.07) is 9.22. The topological polar surface area (TPSA) is 49.8 Å². The summed E-state index contributed by atoms with van der Waals surface area (Å²) in [5, 5.41) is 9.40. The summed E-state index contributed by atoms with van der Waals surface area (Å²) in [5.41, 5.74) is 0.934. The van der Waals surface area contributed by atoms with Crippen LogP contribution in [0.2, 0.25) is 0 Å². The smallest absolute Gasteiger partial charge is 0.410 e. The molecule has 1 fully saturated rings. The molecule has 0 bridgehead atoms. The van der Waals surface area contributed by atoms with Gasteiger partial charge < -0.3 is 9.84 Å². The Hall–Kier alpha value is -1.55. The number of aliphatic hydroxyl groups is 1. The van der Waals surface area contributed by atoms with E-state index in [0.29, 0.717) is 13.2 Å². The summed E-state index contributed by atoms with van der Waals surface area (Å²) >= 11 is 0. The fourth-order valence-electron chi connectivity index (χ4n) is 1.91. The van der Waals surface area contributed by atoms with Gasteiger partial charge in [0.2, 0.25) is 0 Å². The number of hydrogen-bond acceptors (Lipinski definition) is 3. The van der Waals surface area contributed by atoms with Crippen molar-refractivity contribution in [2.75, 3.05) is 19.8 Å². The third-order valence-corrected chi connectivity index (χ3v) is 2.74. The lowest BCUT2D eigenvalue weighted by molar-refractivity contribution is 0.0400. The van der Waals surface area contributed by atoms with Gasteiger partial charge in [-0.15, -0.1) is 0 Å². The van der Waals surface area contributed by atoms with Gasteiger partial charge in [-0.25, -0.2) is 4.79 Å². The first kappa shape index (κ1) is 11.0. The molecule has 4 heteroatoms. The summed E-state index contributed by atoms with van der Waals surface area (Å²) in [6.07, 6.45) is 0.476. The van der Waals surface area contributed by atoms with Gasteiger partial charge in [0.05, 0.1) is 19.3 Å². The van der Waals surface area contributed by atoms with Crippen molar-refractivity contribution >= 4 is 6.09 Å². The van der Waals surface area contributed by atoms with E-state index in [2.05, 4.69) is 0 Å². The van der Waals surface area contributed by atoms with Crippen LogP contribution in [0.3, 0.4) is 0 Å². The maximum atomic E-state index is 11.6. The number of benzene rings is 1. The summed E-state index contributed by atoms with van der Waals surface area (Å²) in [6.45, 7) is 1.03. The highest BCUT2D eigenvalue weighted by Crippen LogP contribution is 2.23. The summed E-state index contributed by atoms with van der Waals surface area (Å²) in [4.78, 5) is 13.1. The lowest BCUT2D eigenvalue weighted by Crippen LogP contribution is -2.41. The molecular weight excluding hydrogens is 206 g/mol. The maximum absolute atomic E-state index is 11.6. The molecule has 1 saturated heterocycles. The molecule has 1 aromatic rings. The van der Waals surface area contributed by atoms with Crippen LogP contribution in [0.5, 0.6) is 0 Å². The Bertz CT molecular complexity index is 353. The molecule has 1 atom stereocenters. The zero-order chi connectivity index (χ0) is 11.4. The Balaban J connectivity index is 2.18. The lowest BCUT2D eigenvalue weighted by Gasteiger charge is -2.33. The molecule has 1 aliphatic heterocycles. The van der Waals surface area contributed by atoms with E-state index in [9.17, 15) is 9.90 Å². The Morgan fingerprint density at radius 1 is 1.38 bits per heavy atom.